The van der Waals surface area contributed by atoms with Crippen LogP contribution in [-0.2, 0) is 9.59 Å². The van der Waals surface area contributed by atoms with Gasteiger partial charge >= 0.3 is 6.03 Å². The fourth-order valence-corrected chi connectivity index (χ4v) is 2.26. The summed E-state index contributed by atoms with van der Waals surface area (Å²) in [7, 11) is 0. The van der Waals surface area contributed by atoms with Crippen LogP contribution in [0.5, 0.6) is 0 Å². The van der Waals surface area contributed by atoms with Crippen molar-refractivity contribution in [3.05, 3.63) is 60.2 Å². The van der Waals surface area contributed by atoms with Crippen molar-refractivity contribution in [2.45, 2.75) is 6.92 Å². The van der Waals surface area contributed by atoms with Crippen LogP contribution in [0.25, 0.3) is 0 Å². The van der Waals surface area contributed by atoms with Crippen molar-refractivity contribution in [2.24, 2.45) is 5.73 Å². The minimum atomic E-state index is -0.968. The molecule has 0 spiro atoms. The van der Waals surface area contributed by atoms with Gasteiger partial charge in [0.2, 0.25) is 11.8 Å². The number of rotatable bonds is 5. The zero-order valence-corrected chi connectivity index (χ0v) is 14.1. The molecule has 8 heteroatoms. The number of urea groups is 1. The van der Waals surface area contributed by atoms with Crippen LogP contribution in [0, 0.1) is 0 Å². The maximum absolute atomic E-state index is 12.3. The minimum absolute atomic E-state index is 0.160. The Balaban J connectivity index is 2.08. The number of benzene rings is 2. The first-order valence-corrected chi connectivity index (χ1v) is 7.70. The molecule has 2 aromatic rings. The Morgan fingerprint density at radius 1 is 1.00 bits per heavy atom. The third-order valence-electron chi connectivity index (χ3n) is 3.39. The number of carbonyl (C=O) groups is 4. The zero-order valence-electron chi connectivity index (χ0n) is 14.1. The highest BCUT2D eigenvalue weighted by Crippen LogP contribution is 2.15. The van der Waals surface area contributed by atoms with Crippen molar-refractivity contribution in [2.75, 3.05) is 16.8 Å². The number of nitrogens with one attached hydrogen (secondary N) is 2. The second-order valence-corrected chi connectivity index (χ2v) is 5.39. The molecule has 134 valence electrons. The lowest BCUT2D eigenvalue weighted by molar-refractivity contribution is -0.120. The topological polar surface area (TPSA) is 122 Å². The molecule has 0 saturated heterocycles. The number of anilines is 2. The highest BCUT2D eigenvalue weighted by Gasteiger charge is 2.16. The number of amides is 5. The van der Waals surface area contributed by atoms with E-state index in [1.165, 1.54) is 24.0 Å². The van der Waals surface area contributed by atoms with Crippen LogP contribution < -0.4 is 21.3 Å². The molecular formula is C18H18N4O4. The third-order valence-corrected chi connectivity index (χ3v) is 3.39. The van der Waals surface area contributed by atoms with Gasteiger partial charge in [-0.2, -0.15) is 0 Å². The Morgan fingerprint density at radius 2 is 1.69 bits per heavy atom. The van der Waals surface area contributed by atoms with Crippen molar-refractivity contribution in [3.63, 3.8) is 0 Å². The average Bonchev–Trinajstić information content (AvgIpc) is 2.60. The predicted molar refractivity (Wildman–Crippen MR) is 96.6 cm³/mol. The van der Waals surface area contributed by atoms with E-state index in [1.54, 1.807) is 36.4 Å². The van der Waals surface area contributed by atoms with Crippen LogP contribution in [-0.4, -0.2) is 30.3 Å². The van der Waals surface area contributed by atoms with Crippen LogP contribution >= 0.6 is 0 Å². The summed E-state index contributed by atoms with van der Waals surface area (Å²) >= 11 is 0. The quantitative estimate of drug-likeness (QED) is 0.753. The summed E-state index contributed by atoms with van der Waals surface area (Å²) in [5.74, 6) is -1.39. The fourth-order valence-electron chi connectivity index (χ4n) is 2.26. The first-order valence-electron chi connectivity index (χ1n) is 7.70. The fraction of sp³-hybridized carbons (Fsp3) is 0.111. The summed E-state index contributed by atoms with van der Waals surface area (Å²) in [5.41, 5.74) is 6.02. The van der Waals surface area contributed by atoms with Crippen molar-refractivity contribution >= 4 is 35.1 Å². The largest absolute Gasteiger partial charge is 0.351 e. The molecule has 4 N–H and O–H groups in total. The maximum atomic E-state index is 12.3. The van der Waals surface area contributed by atoms with Gasteiger partial charge in [0, 0.05) is 23.9 Å². The second kappa shape index (κ2) is 8.43. The standard InChI is InChI=1S/C18H18N4O4/c1-12(23)22(15-8-3-2-4-9-15)11-16(24)20-14-7-5-6-13(10-14)17(25)21-18(19)26/h2-10H,11H2,1H3,(H,20,24)(H3,19,21,25,26). The summed E-state index contributed by atoms with van der Waals surface area (Å²) in [6, 6.07) is 13.8. The summed E-state index contributed by atoms with van der Waals surface area (Å²) in [4.78, 5) is 48.0. The number of imide groups is 1. The van der Waals surface area contributed by atoms with Crippen LogP contribution in [0.15, 0.2) is 54.6 Å². The predicted octanol–water partition coefficient (Wildman–Crippen LogP) is 1.49. The van der Waals surface area contributed by atoms with Crippen molar-refractivity contribution in [1.29, 1.82) is 0 Å². The summed E-state index contributed by atoms with van der Waals surface area (Å²) in [6.07, 6.45) is 0. The number of primary amides is 1. The van der Waals surface area contributed by atoms with E-state index in [4.69, 9.17) is 5.73 Å². The molecule has 2 rings (SSSR count). The second-order valence-electron chi connectivity index (χ2n) is 5.39. The smallest absolute Gasteiger partial charge is 0.319 e. The first kappa shape index (κ1) is 18.7. The van der Waals surface area contributed by atoms with Crippen LogP contribution in [0.2, 0.25) is 0 Å². The highest BCUT2D eigenvalue weighted by molar-refractivity contribution is 6.05. The van der Waals surface area contributed by atoms with Crippen molar-refractivity contribution in [3.8, 4) is 0 Å². The molecule has 26 heavy (non-hydrogen) atoms. The molecule has 2 aromatic carbocycles. The lowest BCUT2D eigenvalue weighted by Crippen LogP contribution is -2.36. The van der Waals surface area contributed by atoms with E-state index in [1.807, 2.05) is 11.4 Å². The summed E-state index contributed by atoms with van der Waals surface area (Å²) < 4.78 is 0. The molecule has 0 aliphatic heterocycles. The lowest BCUT2D eigenvalue weighted by atomic mass is 10.2. The lowest BCUT2D eigenvalue weighted by Gasteiger charge is -2.20. The van der Waals surface area contributed by atoms with Gasteiger partial charge in [-0.1, -0.05) is 24.3 Å². The van der Waals surface area contributed by atoms with Gasteiger partial charge in [0.15, 0.2) is 0 Å². The molecule has 5 amide bonds. The van der Waals surface area contributed by atoms with E-state index in [2.05, 4.69) is 5.32 Å². The van der Waals surface area contributed by atoms with Gasteiger partial charge in [-0.05, 0) is 30.3 Å². The van der Waals surface area contributed by atoms with Gasteiger partial charge in [-0.15, -0.1) is 0 Å². The minimum Gasteiger partial charge on any atom is -0.351 e. The van der Waals surface area contributed by atoms with E-state index in [9.17, 15) is 19.2 Å². The molecule has 0 aliphatic carbocycles. The Bertz CT molecular complexity index is 836. The van der Waals surface area contributed by atoms with E-state index < -0.39 is 17.8 Å². The molecule has 0 aromatic heterocycles. The molecule has 0 heterocycles. The van der Waals surface area contributed by atoms with Gasteiger partial charge in [0.05, 0.1) is 0 Å². The van der Waals surface area contributed by atoms with Gasteiger partial charge in [-0.25, -0.2) is 4.79 Å². The monoisotopic (exact) mass is 354 g/mol. The van der Waals surface area contributed by atoms with Gasteiger partial charge in [0.25, 0.3) is 5.91 Å². The SMILES string of the molecule is CC(=O)N(CC(=O)Nc1cccc(C(=O)NC(N)=O)c1)c1ccccc1. The zero-order chi connectivity index (χ0) is 19.1. The molecule has 0 saturated carbocycles. The van der Waals surface area contributed by atoms with Crippen molar-refractivity contribution in [1.82, 2.24) is 5.32 Å². The van der Waals surface area contributed by atoms with E-state index in [-0.39, 0.29) is 18.0 Å². The Hall–Kier alpha value is -3.68. The molecule has 8 nitrogen and oxygen atoms in total. The van der Waals surface area contributed by atoms with Crippen molar-refractivity contribution < 1.29 is 19.2 Å². The molecule has 0 radical (unpaired) electrons. The Morgan fingerprint density at radius 3 is 2.31 bits per heavy atom. The van der Waals surface area contributed by atoms with Crippen LogP contribution in [0.3, 0.4) is 0 Å². The first-order chi connectivity index (χ1) is 12.4. The number of hydrogen-bond donors (Lipinski definition) is 3. The summed E-state index contributed by atoms with van der Waals surface area (Å²) in [6.45, 7) is 1.19. The normalized spacial score (nSPS) is 9.88. The van der Waals surface area contributed by atoms with E-state index in [0.717, 1.165) is 0 Å². The number of para-hydroxylation sites is 1. The average molecular weight is 354 g/mol. The number of nitrogens with two attached hydrogens (primary N) is 1. The Kier molecular flexibility index (Phi) is 6.05. The Labute approximate surface area is 150 Å². The molecule has 0 fully saturated rings. The number of hydrogen-bond acceptors (Lipinski definition) is 4. The number of carbonyl (C=O) groups excluding carboxylic acids is 4. The molecule has 0 bridgehead atoms. The van der Waals surface area contributed by atoms with Gasteiger partial charge in [0.1, 0.15) is 6.54 Å². The van der Waals surface area contributed by atoms with Gasteiger partial charge < -0.3 is 16.0 Å². The third kappa shape index (κ3) is 5.17. The highest BCUT2D eigenvalue weighted by atomic mass is 16.2. The van der Waals surface area contributed by atoms with Gasteiger partial charge in [-0.3, -0.25) is 19.7 Å². The van der Waals surface area contributed by atoms with Crippen LogP contribution in [0.1, 0.15) is 17.3 Å². The number of nitrogens with zero attached hydrogens (tertiary/aromatic N) is 1. The summed E-state index contributed by atoms with van der Waals surface area (Å²) in [5, 5.41) is 4.56. The van der Waals surface area contributed by atoms with E-state index in [0.29, 0.717) is 11.4 Å². The molecule has 0 unspecified atom stereocenters. The van der Waals surface area contributed by atoms with Crippen LogP contribution in [0.4, 0.5) is 16.2 Å². The molecule has 0 aliphatic rings. The molecule has 0 atom stereocenters. The molecular weight excluding hydrogens is 336 g/mol. The maximum Gasteiger partial charge on any atom is 0.319 e. The van der Waals surface area contributed by atoms with E-state index >= 15 is 0 Å².